The van der Waals surface area contributed by atoms with Crippen LogP contribution in [-0.2, 0) is 16.0 Å². The number of rotatable bonds is 7. The van der Waals surface area contributed by atoms with Crippen LogP contribution in [0.3, 0.4) is 0 Å². The van der Waals surface area contributed by atoms with Gasteiger partial charge in [-0.15, -0.1) is 0 Å². The maximum atomic E-state index is 13.1. The molecule has 4 rings (SSSR count). The van der Waals surface area contributed by atoms with Crippen molar-refractivity contribution in [1.29, 1.82) is 0 Å². The van der Waals surface area contributed by atoms with E-state index in [9.17, 15) is 9.59 Å². The van der Waals surface area contributed by atoms with Crippen LogP contribution < -0.4 is 5.32 Å². The fourth-order valence-electron chi connectivity index (χ4n) is 4.13. The molecule has 0 radical (unpaired) electrons. The van der Waals surface area contributed by atoms with E-state index in [2.05, 4.69) is 32.6 Å². The molecule has 2 aromatic carbocycles. The van der Waals surface area contributed by atoms with Crippen LogP contribution in [-0.4, -0.2) is 44.5 Å². The molecule has 1 aromatic heterocycles. The zero-order valence-corrected chi connectivity index (χ0v) is 17.6. The highest BCUT2D eigenvalue weighted by molar-refractivity contribution is 5.78. The number of nitrogens with zero attached hydrogens (tertiary/aromatic N) is 3. The molecule has 1 aliphatic heterocycles. The number of carbonyl (C=O) groups is 2. The molecule has 7 nitrogen and oxygen atoms in total. The van der Waals surface area contributed by atoms with Crippen LogP contribution in [0.1, 0.15) is 43.6 Å². The molecule has 0 bridgehead atoms. The Hall–Kier alpha value is -3.48. The average molecular weight is 418 g/mol. The average Bonchev–Trinajstić information content (AvgIpc) is 3.42. The van der Waals surface area contributed by atoms with Crippen molar-refractivity contribution in [3.8, 4) is 11.4 Å². The normalized spacial score (nSPS) is 18.2. The SMILES string of the molecule is CC(=O)N[C@H]1C[C@@H](c2nc(-c3ccccc3)n[nH]2)N(C(=O)CCCc2ccccc2)C1. The molecule has 31 heavy (non-hydrogen) atoms. The van der Waals surface area contributed by atoms with Crippen LogP contribution in [0.4, 0.5) is 0 Å². The van der Waals surface area contributed by atoms with Crippen molar-refractivity contribution < 1.29 is 9.59 Å². The van der Waals surface area contributed by atoms with Crippen molar-refractivity contribution in [2.45, 2.75) is 44.7 Å². The van der Waals surface area contributed by atoms with E-state index in [1.165, 1.54) is 12.5 Å². The van der Waals surface area contributed by atoms with Gasteiger partial charge in [0.05, 0.1) is 6.04 Å². The third kappa shape index (κ3) is 5.17. The van der Waals surface area contributed by atoms with Gasteiger partial charge in [0.1, 0.15) is 5.82 Å². The molecule has 2 N–H and O–H groups in total. The van der Waals surface area contributed by atoms with E-state index >= 15 is 0 Å². The lowest BCUT2D eigenvalue weighted by atomic mass is 10.1. The number of nitrogens with one attached hydrogen (secondary N) is 2. The molecule has 0 aliphatic carbocycles. The van der Waals surface area contributed by atoms with Crippen molar-refractivity contribution in [1.82, 2.24) is 25.4 Å². The quantitative estimate of drug-likeness (QED) is 0.617. The molecule has 1 saturated heterocycles. The summed E-state index contributed by atoms with van der Waals surface area (Å²) in [5.41, 5.74) is 2.15. The molecular formula is C24H27N5O2. The summed E-state index contributed by atoms with van der Waals surface area (Å²) in [5, 5.41) is 10.3. The van der Waals surface area contributed by atoms with Crippen LogP contribution in [0.2, 0.25) is 0 Å². The van der Waals surface area contributed by atoms with Gasteiger partial charge in [-0.1, -0.05) is 60.7 Å². The number of H-pyrrole nitrogens is 1. The number of likely N-dealkylation sites (tertiary alicyclic amines) is 1. The summed E-state index contributed by atoms with van der Waals surface area (Å²) in [5.74, 6) is 1.24. The largest absolute Gasteiger partial charge is 0.352 e. The second-order valence-electron chi connectivity index (χ2n) is 7.94. The second kappa shape index (κ2) is 9.55. The van der Waals surface area contributed by atoms with Gasteiger partial charge in [-0.3, -0.25) is 14.7 Å². The summed E-state index contributed by atoms with van der Waals surface area (Å²) in [6, 6.07) is 19.6. The maximum absolute atomic E-state index is 13.1. The van der Waals surface area contributed by atoms with Crippen LogP contribution in [0.5, 0.6) is 0 Å². The number of benzene rings is 2. The Labute approximate surface area is 181 Å². The van der Waals surface area contributed by atoms with Crippen LogP contribution in [0.25, 0.3) is 11.4 Å². The summed E-state index contributed by atoms with van der Waals surface area (Å²) in [6.07, 6.45) is 2.72. The molecule has 2 atom stereocenters. The van der Waals surface area contributed by atoms with E-state index in [-0.39, 0.29) is 23.9 Å². The summed E-state index contributed by atoms with van der Waals surface area (Å²) >= 11 is 0. The number of aromatic nitrogens is 3. The van der Waals surface area contributed by atoms with Crippen molar-refractivity contribution in [2.24, 2.45) is 0 Å². The Morgan fingerprint density at radius 3 is 2.52 bits per heavy atom. The van der Waals surface area contributed by atoms with Crippen molar-refractivity contribution >= 4 is 11.8 Å². The minimum absolute atomic E-state index is 0.0754. The molecule has 3 aromatic rings. The minimum Gasteiger partial charge on any atom is -0.352 e. The first-order valence-electron chi connectivity index (χ1n) is 10.7. The highest BCUT2D eigenvalue weighted by Gasteiger charge is 2.38. The smallest absolute Gasteiger partial charge is 0.223 e. The highest BCUT2D eigenvalue weighted by Crippen LogP contribution is 2.32. The first-order valence-corrected chi connectivity index (χ1v) is 10.7. The molecular weight excluding hydrogens is 390 g/mol. The topological polar surface area (TPSA) is 91.0 Å². The Kier molecular flexibility index (Phi) is 6.40. The van der Waals surface area contributed by atoms with Gasteiger partial charge in [0.2, 0.25) is 11.8 Å². The molecule has 2 heterocycles. The molecule has 0 saturated carbocycles. The van der Waals surface area contributed by atoms with Gasteiger partial charge in [0, 0.05) is 31.5 Å². The lowest BCUT2D eigenvalue weighted by Gasteiger charge is -2.22. The number of aromatic amines is 1. The van der Waals surface area contributed by atoms with Gasteiger partial charge in [-0.05, 0) is 24.8 Å². The Bertz CT molecular complexity index is 1020. The van der Waals surface area contributed by atoms with E-state index in [1.807, 2.05) is 53.4 Å². The first kappa shape index (κ1) is 20.8. The number of hydrogen-bond donors (Lipinski definition) is 2. The lowest BCUT2D eigenvalue weighted by molar-refractivity contribution is -0.132. The fraction of sp³-hybridized carbons (Fsp3) is 0.333. The number of amides is 2. The third-order valence-electron chi connectivity index (χ3n) is 5.58. The van der Waals surface area contributed by atoms with Crippen LogP contribution in [0.15, 0.2) is 60.7 Å². The number of hydrogen-bond acceptors (Lipinski definition) is 4. The van der Waals surface area contributed by atoms with Crippen molar-refractivity contribution in [3.05, 3.63) is 72.1 Å². The molecule has 1 fully saturated rings. The highest BCUT2D eigenvalue weighted by atomic mass is 16.2. The lowest BCUT2D eigenvalue weighted by Crippen LogP contribution is -2.37. The summed E-state index contributed by atoms with van der Waals surface area (Å²) < 4.78 is 0. The van der Waals surface area contributed by atoms with Gasteiger partial charge < -0.3 is 10.2 Å². The van der Waals surface area contributed by atoms with Crippen LogP contribution >= 0.6 is 0 Å². The zero-order valence-electron chi connectivity index (χ0n) is 17.6. The Balaban J connectivity index is 1.46. The summed E-state index contributed by atoms with van der Waals surface area (Å²) in [6.45, 7) is 1.98. The van der Waals surface area contributed by atoms with Gasteiger partial charge in [0.25, 0.3) is 0 Å². The van der Waals surface area contributed by atoms with Crippen molar-refractivity contribution in [3.63, 3.8) is 0 Å². The Morgan fingerprint density at radius 1 is 1.10 bits per heavy atom. The fourth-order valence-corrected chi connectivity index (χ4v) is 4.13. The predicted octanol–water partition coefficient (Wildman–Crippen LogP) is 3.27. The van der Waals surface area contributed by atoms with Gasteiger partial charge in [-0.2, -0.15) is 5.10 Å². The monoisotopic (exact) mass is 417 g/mol. The molecule has 0 spiro atoms. The number of carbonyl (C=O) groups excluding carboxylic acids is 2. The third-order valence-corrected chi connectivity index (χ3v) is 5.58. The zero-order chi connectivity index (χ0) is 21.6. The Morgan fingerprint density at radius 2 is 1.81 bits per heavy atom. The standard InChI is InChI=1S/C24H27N5O2/c1-17(30)25-20-15-21(24-26-23(27-28-24)19-12-6-3-7-13-19)29(16-20)22(31)14-8-11-18-9-4-2-5-10-18/h2-7,9-10,12-13,20-21H,8,11,14-16H2,1H3,(H,25,30)(H,26,27,28)/t20-,21-/m0/s1. The van der Waals surface area contributed by atoms with Gasteiger partial charge in [-0.25, -0.2) is 4.98 Å². The van der Waals surface area contributed by atoms with E-state index < -0.39 is 0 Å². The maximum Gasteiger partial charge on any atom is 0.223 e. The van der Waals surface area contributed by atoms with Gasteiger partial charge in [0.15, 0.2) is 5.82 Å². The summed E-state index contributed by atoms with van der Waals surface area (Å²) in [4.78, 5) is 31.2. The van der Waals surface area contributed by atoms with E-state index in [4.69, 9.17) is 0 Å². The van der Waals surface area contributed by atoms with E-state index in [1.54, 1.807) is 0 Å². The molecule has 1 aliphatic rings. The second-order valence-corrected chi connectivity index (χ2v) is 7.94. The number of aryl methyl sites for hydroxylation is 1. The first-order chi connectivity index (χ1) is 15.1. The minimum atomic E-state index is -0.231. The van der Waals surface area contributed by atoms with Gasteiger partial charge >= 0.3 is 0 Å². The van der Waals surface area contributed by atoms with Crippen molar-refractivity contribution in [2.75, 3.05) is 6.54 Å². The van der Waals surface area contributed by atoms with E-state index in [0.29, 0.717) is 31.0 Å². The molecule has 160 valence electrons. The van der Waals surface area contributed by atoms with E-state index in [0.717, 1.165) is 18.4 Å². The predicted molar refractivity (Wildman–Crippen MR) is 118 cm³/mol. The van der Waals surface area contributed by atoms with Crippen LogP contribution in [0, 0.1) is 0 Å². The molecule has 2 amide bonds. The molecule has 7 heteroatoms. The molecule has 0 unspecified atom stereocenters. The summed E-state index contributed by atoms with van der Waals surface area (Å²) in [7, 11) is 0.